The SMILES string of the molecule is COc1ccc2c(c1)nc(C(C)Cl)n2CCc1ccsc1. The van der Waals surface area contributed by atoms with Crippen LogP contribution in [0.2, 0.25) is 0 Å². The van der Waals surface area contributed by atoms with E-state index in [-0.39, 0.29) is 5.38 Å². The molecule has 1 unspecified atom stereocenters. The first-order chi connectivity index (χ1) is 10.2. The van der Waals surface area contributed by atoms with Crippen LogP contribution in [0.3, 0.4) is 0 Å². The highest BCUT2D eigenvalue weighted by Crippen LogP contribution is 2.27. The van der Waals surface area contributed by atoms with Gasteiger partial charge < -0.3 is 9.30 Å². The highest BCUT2D eigenvalue weighted by atomic mass is 35.5. The highest BCUT2D eigenvalue weighted by molar-refractivity contribution is 7.07. The van der Waals surface area contributed by atoms with Crippen molar-refractivity contribution in [3.8, 4) is 5.75 Å². The number of rotatable bonds is 5. The summed E-state index contributed by atoms with van der Waals surface area (Å²) in [5, 5.41) is 4.18. The van der Waals surface area contributed by atoms with E-state index < -0.39 is 0 Å². The van der Waals surface area contributed by atoms with Gasteiger partial charge in [-0.1, -0.05) is 0 Å². The number of imidazole rings is 1. The van der Waals surface area contributed by atoms with Gasteiger partial charge in [-0.05, 0) is 47.9 Å². The van der Waals surface area contributed by atoms with Crippen molar-refractivity contribution in [2.24, 2.45) is 0 Å². The van der Waals surface area contributed by atoms with Crippen LogP contribution in [0.5, 0.6) is 5.75 Å². The van der Waals surface area contributed by atoms with Gasteiger partial charge in [-0.3, -0.25) is 0 Å². The second kappa shape index (κ2) is 6.08. The molecule has 3 nitrogen and oxygen atoms in total. The number of aromatic nitrogens is 2. The number of nitrogens with zero attached hydrogens (tertiary/aromatic N) is 2. The Bertz CT molecular complexity index is 734. The third-order valence-corrected chi connectivity index (χ3v) is 4.47. The van der Waals surface area contributed by atoms with Crippen LogP contribution in [0.15, 0.2) is 35.0 Å². The molecule has 3 rings (SSSR count). The number of methoxy groups -OCH3 is 1. The summed E-state index contributed by atoms with van der Waals surface area (Å²) in [4.78, 5) is 4.67. The van der Waals surface area contributed by atoms with Crippen LogP contribution in [0.4, 0.5) is 0 Å². The quantitative estimate of drug-likeness (QED) is 0.640. The van der Waals surface area contributed by atoms with Crippen LogP contribution in [0, 0.1) is 0 Å². The van der Waals surface area contributed by atoms with E-state index in [0.717, 1.165) is 35.6 Å². The van der Waals surface area contributed by atoms with Gasteiger partial charge in [0, 0.05) is 12.6 Å². The Morgan fingerprint density at radius 3 is 2.90 bits per heavy atom. The van der Waals surface area contributed by atoms with Gasteiger partial charge in [-0.25, -0.2) is 4.98 Å². The molecule has 2 heterocycles. The van der Waals surface area contributed by atoms with Crippen molar-refractivity contribution in [3.05, 3.63) is 46.4 Å². The van der Waals surface area contributed by atoms with Gasteiger partial charge in [0.15, 0.2) is 0 Å². The molecule has 0 aliphatic rings. The third kappa shape index (κ3) is 2.92. The van der Waals surface area contributed by atoms with Gasteiger partial charge in [0.25, 0.3) is 0 Å². The number of benzene rings is 1. The van der Waals surface area contributed by atoms with Crippen LogP contribution in [0.1, 0.15) is 23.7 Å². The molecule has 5 heteroatoms. The topological polar surface area (TPSA) is 27.1 Å². The summed E-state index contributed by atoms with van der Waals surface area (Å²) in [6, 6.07) is 8.14. The Morgan fingerprint density at radius 2 is 2.24 bits per heavy atom. The Balaban J connectivity index is 1.99. The molecule has 21 heavy (non-hydrogen) atoms. The molecule has 0 aliphatic carbocycles. The molecule has 0 spiro atoms. The largest absolute Gasteiger partial charge is 0.497 e. The van der Waals surface area contributed by atoms with Crippen molar-refractivity contribution < 1.29 is 4.74 Å². The molecule has 0 saturated carbocycles. The van der Waals surface area contributed by atoms with Crippen LogP contribution in [-0.2, 0) is 13.0 Å². The average molecular weight is 321 g/mol. The van der Waals surface area contributed by atoms with E-state index >= 15 is 0 Å². The van der Waals surface area contributed by atoms with E-state index in [1.165, 1.54) is 5.56 Å². The van der Waals surface area contributed by atoms with E-state index in [9.17, 15) is 0 Å². The molecular formula is C16H17ClN2OS. The van der Waals surface area contributed by atoms with Crippen LogP contribution in [-0.4, -0.2) is 16.7 Å². The van der Waals surface area contributed by atoms with Crippen molar-refractivity contribution in [3.63, 3.8) is 0 Å². The molecule has 0 fully saturated rings. The normalized spacial score (nSPS) is 12.7. The zero-order chi connectivity index (χ0) is 14.8. The number of hydrogen-bond acceptors (Lipinski definition) is 3. The summed E-state index contributed by atoms with van der Waals surface area (Å²) >= 11 is 8.03. The summed E-state index contributed by atoms with van der Waals surface area (Å²) in [6.45, 7) is 2.84. The van der Waals surface area contributed by atoms with Crippen molar-refractivity contribution >= 4 is 34.0 Å². The molecule has 1 aromatic carbocycles. The van der Waals surface area contributed by atoms with Crippen LogP contribution in [0.25, 0.3) is 11.0 Å². The summed E-state index contributed by atoms with van der Waals surface area (Å²) in [5.74, 6) is 1.73. The number of alkyl halides is 1. The van der Waals surface area contributed by atoms with E-state index in [1.807, 2.05) is 19.1 Å². The van der Waals surface area contributed by atoms with Crippen molar-refractivity contribution in [2.75, 3.05) is 7.11 Å². The molecule has 0 radical (unpaired) electrons. The lowest BCUT2D eigenvalue weighted by atomic mass is 10.2. The lowest BCUT2D eigenvalue weighted by Crippen LogP contribution is -2.06. The molecule has 2 aromatic heterocycles. The van der Waals surface area contributed by atoms with Gasteiger partial charge in [-0.2, -0.15) is 11.3 Å². The van der Waals surface area contributed by atoms with E-state index in [4.69, 9.17) is 16.3 Å². The number of hydrogen-bond donors (Lipinski definition) is 0. The molecule has 0 saturated heterocycles. The number of fused-ring (bicyclic) bond motifs is 1. The van der Waals surface area contributed by atoms with Gasteiger partial charge in [0.1, 0.15) is 11.6 Å². The zero-order valence-corrected chi connectivity index (χ0v) is 13.6. The monoisotopic (exact) mass is 320 g/mol. The first-order valence-electron chi connectivity index (χ1n) is 6.88. The average Bonchev–Trinajstić information content (AvgIpc) is 3.11. The third-order valence-electron chi connectivity index (χ3n) is 3.54. The Kier molecular flexibility index (Phi) is 4.17. The van der Waals surface area contributed by atoms with Gasteiger partial charge in [-0.15, -0.1) is 11.6 Å². The molecule has 0 N–H and O–H groups in total. The fourth-order valence-corrected chi connectivity index (χ4v) is 3.34. The smallest absolute Gasteiger partial charge is 0.127 e. The maximum absolute atomic E-state index is 6.30. The molecule has 0 bridgehead atoms. The van der Waals surface area contributed by atoms with Gasteiger partial charge in [0.05, 0.1) is 23.5 Å². The Hall–Kier alpha value is -1.52. The number of halogens is 1. The van der Waals surface area contributed by atoms with Crippen LogP contribution < -0.4 is 4.74 Å². The minimum atomic E-state index is -0.120. The second-order valence-electron chi connectivity index (χ2n) is 4.97. The van der Waals surface area contributed by atoms with Gasteiger partial charge in [0.2, 0.25) is 0 Å². The number of aryl methyl sites for hydroxylation is 2. The van der Waals surface area contributed by atoms with Crippen molar-refractivity contribution in [1.29, 1.82) is 0 Å². The zero-order valence-electron chi connectivity index (χ0n) is 12.0. The van der Waals surface area contributed by atoms with Crippen molar-refractivity contribution in [1.82, 2.24) is 9.55 Å². The lowest BCUT2D eigenvalue weighted by Gasteiger charge is -2.10. The Morgan fingerprint density at radius 1 is 1.38 bits per heavy atom. The van der Waals surface area contributed by atoms with E-state index in [2.05, 4.69) is 32.4 Å². The highest BCUT2D eigenvalue weighted by Gasteiger charge is 2.15. The summed E-state index contributed by atoms with van der Waals surface area (Å²) in [6.07, 6.45) is 0.984. The summed E-state index contributed by atoms with van der Waals surface area (Å²) in [7, 11) is 1.67. The second-order valence-corrected chi connectivity index (χ2v) is 6.41. The molecule has 1 atom stereocenters. The summed E-state index contributed by atoms with van der Waals surface area (Å²) in [5.41, 5.74) is 3.39. The number of ether oxygens (including phenoxy) is 1. The van der Waals surface area contributed by atoms with Gasteiger partial charge >= 0.3 is 0 Å². The molecule has 3 aromatic rings. The predicted octanol–water partition coefficient (Wildman–Crippen LogP) is 4.65. The fraction of sp³-hybridized carbons (Fsp3) is 0.312. The first kappa shape index (κ1) is 14.4. The van der Waals surface area contributed by atoms with E-state index in [1.54, 1.807) is 18.4 Å². The fourth-order valence-electron chi connectivity index (χ4n) is 2.47. The predicted molar refractivity (Wildman–Crippen MR) is 88.6 cm³/mol. The van der Waals surface area contributed by atoms with Crippen molar-refractivity contribution in [2.45, 2.75) is 25.3 Å². The maximum Gasteiger partial charge on any atom is 0.127 e. The molecule has 0 amide bonds. The summed E-state index contributed by atoms with van der Waals surface area (Å²) < 4.78 is 7.48. The minimum absolute atomic E-state index is 0.120. The number of thiophene rings is 1. The standard InChI is InChI=1S/C16H17ClN2OS/c1-11(17)16-18-14-9-13(20-2)3-4-15(14)19(16)7-5-12-6-8-21-10-12/h3-4,6,8-11H,5,7H2,1-2H3. The van der Waals surface area contributed by atoms with E-state index in [0.29, 0.717) is 0 Å². The first-order valence-corrected chi connectivity index (χ1v) is 8.26. The molecular weight excluding hydrogens is 304 g/mol. The maximum atomic E-state index is 6.30. The lowest BCUT2D eigenvalue weighted by molar-refractivity contribution is 0.415. The minimum Gasteiger partial charge on any atom is -0.497 e. The molecule has 0 aliphatic heterocycles. The molecule has 110 valence electrons. The van der Waals surface area contributed by atoms with Crippen LogP contribution >= 0.6 is 22.9 Å². The Labute approximate surface area is 133 Å².